The zero-order valence-electron chi connectivity index (χ0n) is 18.6. The maximum Gasteiger partial charge on any atom is 0.404 e. The van der Waals surface area contributed by atoms with Crippen molar-refractivity contribution in [2.24, 2.45) is 11.5 Å². The summed E-state index contributed by atoms with van der Waals surface area (Å²) in [6.45, 7) is 1.76. The Morgan fingerprint density at radius 3 is 2.27 bits per heavy atom. The predicted molar refractivity (Wildman–Crippen MR) is 121 cm³/mol. The molecule has 0 aliphatic heterocycles. The Morgan fingerprint density at radius 1 is 0.939 bits per heavy atom. The molecule has 0 aromatic heterocycles. The molecule has 0 aliphatic carbocycles. The number of amides is 5. The summed E-state index contributed by atoms with van der Waals surface area (Å²) in [6.07, 6.45) is 1.49. The number of rotatable bonds is 14. The van der Waals surface area contributed by atoms with Gasteiger partial charge < -0.3 is 37.5 Å². The zero-order valence-corrected chi connectivity index (χ0v) is 18.6. The van der Waals surface area contributed by atoms with Gasteiger partial charge in [0.15, 0.2) is 0 Å². The monoisotopic (exact) mass is 464 g/mol. The standard InChI is InChI=1S/C21H32N6O6/c1-14(20(31)27-16-8-6-15(7-9-16)13-33-21(23)32)26-19(30)12-25-17(28)5-3-2-4-10-24-18(29)11-22/h6-9,14H,2-5,10-13,22H2,1H3,(H2,23,32)(H,24,29)(H,25,28)(H,26,30)(H,27,31)/t14-/m0/s1. The van der Waals surface area contributed by atoms with Crippen molar-refractivity contribution in [3.63, 3.8) is 0 Å². The van der Waals surface area contributed by atoms with E-state index in [0.717, 1.165) is 12.8 Å². The SMILES string of the molecule is C[C@H](NC(=O)CNC(=O)CCCCCNC(=O)CN)C(=O)Nc1ccc(COC(N)=O)cc1. The third kappa shape index (κ3) is 12.7. The van der Waals surface area contributed by atoms with Crippen molar-refractivity contribution >= 4 is 35.4 Å². The molecule has 8 N–H and O–H groups in total. The van der Waals surface area contributed by atoms with Gasteiger partial charge in [0, 0.05) is 18.7 Å². The van der Waals surface area contributed by atoms with Crippen molar-refractivity contribution in [1.82, 2.24) is 16.0 Å². The minimum absolute atomic E-state index is 0.0226. The summed E-state index contributed by atoms with van der Waals surface area (Å²) in [5, 5.41) is 10.3. The first-order valence-electron chi connectivity index (χ1n) is 10.6. The van der Waals surface area contributed by atoms with Crippen molar-refractivity contribution in [3.8, 4) is 0 Å². The highest BCUT2D eigenvalue weighted by Gasteiger charge is 2.16. The summed E-state index contributed by atoms with van der Waals surface area (Å²) in [5.41, 5.74) is 11.3. The fraction of sp³-hybridized carbons (Fsp3) is 0.476. The van der Waals surface area contributed by atoms with Gasteiger partial charge in [-0.05, 0) is 37.5 Å². The van der Waals surface area contributed by atoms with Crippen LogP contribution in [-0.2, 0) is 30.5 Å². The Kier molecular flexibility index (Phi) is 12.6. The Hall–Kier alpha value is -3.67. The van der Waals surface area contributed by atoms with Crippen molar-refractivity contribution in [3.05, 3.63) is 29.8 Å². The highest BCUT2D eigenvalue weighted by molar-refractivity contribution is 5.97. The van der Waals surface area contributed by atoms with Gasteiger partial charge in [-0.3, -0.25) is 19.2 Å². The van der Waals surface area contributed by atoms with Crippen molar-refractivity contribution < 1.29 is 28.7 Å². The van der Waals surface area contributed by atoms with Crippen LogP contribution in [-0.4, -0.2) is 55.4 Å². The first-order chi connectivity index (χ1) is 15.7. The fourth-order valence-electron chi connectivity index (χ4n) is 2.60. The third-order valence-corrected chi connectivity index (χ3v) is 4.41. The van der Waals surface area contributed by atoms with Gasteiger partial charge in [0.25, 0.3) is 0 Å². The predicted octanol–water partition coefficient (Wildman–Crippen LogP) is -0.523. The molecule has 182 valence electrons. The maximum atomic E-state index is 12.2. The van der Waals surface area contributed by atoms with Crippen LogP contribution in [0.5, 0.6) is 0 Å². The molecule has 5 amide bonds. The number of nitrogens with two attached hydrogens (primary N) is 2. The molecule has 1 aromatic carbocycles. The number of anilines is 1. The zero-order chi connectivity index (χ0) is 24.6. The lowest BCUT2D eigenvalue weighted by atomic mass is 10.2. The summed E-state index contributed by atoms with van der Waals surface area (Å²) in [6, 6.07) is 5.74. The molecule has 0 unspecified atom stereocenters. The quantitative estimate of drug-likeness (QED) is 0.199. The minimum atomic E-state index is -0.876. The average molecular weight is 465 g/mol. The number of primary amides is 1. The highest BCUT2D eigenvalue weighted by Crippen LogP contribution is 2.11. The molecular weight excluding hydrogens is 432 g/mol. The van der Waals surface area contributed by atoms with E-state index in [-0.39, 0.29) is 37.9 Å². The van der Waals surface area contributed by atoms with Crippen molar-refractivity contribution in [2.75, 3.05) is 25.0 Å². The van der Waals surface area contributed by atoms with E-state index in [1.807, 2.05) is 0 Å². The van der Waals surface area contributed by atoms with Crippen LogP contribution in [0.2, 0.25) is 0 Å². The molecule has 0 aliphatic rings. The number of hydrogen-bond acceptors (Lipinski definition) is 7. The second-order valence-electron chi connectivity index (χ2n) is 7.22. The minimum Gasteiger partial charge on any atom is -0.445 e. The molecule has 0 saturated heterocycles. The largest absolute Gasteiger partial charge is 0.445 e. The molecule has 1 atom stereocenters. The lowest BCUT2D eigenvalue weighted by molar-refractivity contribution is -0.128. The van der Waals surface area contributed by atoms with Crippen molar-refractivity contribution in [1.29, 1.82) is 0 Å². The molecule has 1 rings (SSSR count). The molecule has 0 radical (unpaired) electrons. The summed E-state index contributed by atoms with van der Waals surface area (Å²) in [4.78, 5) is 57.6. The first-order valence-corrected chi connectivity index (χ1v) is 10.6. The molecular formula is C21H32N6O6. The normalized spacial score (nSPS) is 11.1. The van der Waals surface area contributed by atoms with Crippen LogP contribution < -0.4 is 32.7 Å². The average Bonchev–Trinajstić information content (AvgIpc) is 2.79. The van der Waals surface area contributed by atoms with E-state index in [9.17, 15) is 24.0 Å². The lowest BCUT2D eigenvalue weighted by Gasteiger charge is -2.15. The van der Waals surface area contributed by atoms with Gasteiger partial charge >= 0.3 is 6.09 Å². The number of ether oxygens (including phenoxy) is 1. The molecule has 0 heterocycles. The molecule has 1 aromatic rings. The second-order valence-corrected chi connectivity index (χ2v) is 7.22. The van der Waals surface area contributed by atoms with Crippen LogP contribution >= 0.6 is 0 Å². The van der Waals surface area contributed by atoms with E-state index in [4.69, 9.17) is 11.5 Å². The third-order valence-electron chi connectivity index (χ3n) is 4.41. The Bertz CT molecular complexity index is 814. The summed E-state index contributed by atoms with van der Waals surface area (Å²) in [5.74, 6) is -1.41. The van der Waals surface area contributed by atoms with Crippen LogP contribution in [0.25, 0.3) is 0 Å². The lowest BCUT2D eigenvalue weighted by Crippen LogP contribution is -2.45. The Balaban J connectivity index is 2.23. The number of carbonyl (C=O) groups excluding carboxylic acids is 5. The summed E-state index contributed by atoms with van der Waals surface area (Å²) < 4.78 is 4.68. The van der Waals surface area contributed by atoms with Crippen LogP contribution in [0.15, 0.2) is 24.3 Å². The molecule has 0 saturated carbocycles. The molecule has 0 bridgehead atoms. The Morgan fingerprint density at radius 2 is 1.64 bits per heavy atom. The van der Waals surface area contributed by atoms with Gasteiger partial charge in [0.1, 0.15) is 12.6 Å². The van der Waals surface area contributed by atoms with Crippen molar-refractivity contribution in [2.45, 2.75) is 45.3 Å². The molecule has 0 spiro atoms. The van der Waals surface area contributed by atoms with Gasteiger partial charge in [-0.25, -0.2) is 4.79 Å². The molecule has 33 heavy (non-hydrogen) atoms. The molecule has 12 nitrogen and oxygen atoms in total. The van der Waals surface area contributed by atoms with Gasteiger partial charge in [-0.1, -0.05) is 18.6 Å². The highest BCUT2D eigenvalue weighted by atomic mass is 16.5. The summed E-state index contributed by atoms with van der Waals surface area (Å²) in [7, 11) is 0. The van der Waals surface area contributed by atoms with Gasteiger partial charge in [-0.15, -0.1) is 0 Å². The fourth-order valence-corrected chi connectivity index (χ4v) is 2.60. The number of hydrogen-bond donors (Lipinski definition) is 6. The first kappa shape index (κ1) is 27.4. The van der Waals surface area contributed by atoms with Gasteiger partial charge in [0.2, 0.25) is 23.6 Å². The topological polar surface area (TPSA) is 195 Å². The van der Waals surface area contributed by atoms with E-state index in [1.165, 1.54) is 6.92 Å². The van der Waals surface area contributed by atoms with Crippen LogP contribution in [0, 0.1) is 0 Å². The van der Waals surface area contributed by atoms with E-state index in [1.54, 1.807) is 24.3 Å². The van der Waals surface area contributed by atoms with Crippen LogP contribution in [0.3, 0.4) is 0 Å². The second kappa shape index (κ2) is 15.2. The van der Waals surface area contributed by atoms with E-state index < -0.39 is 23.9 Å². The molecule has 0 fully saturated rings. The number of nitrogens with one attached hydrogen (secondary N) is 4. The van der Waals surface area contributed by atoms with Gasteiger partial charge in [0.05, 0.1) is 13.1 Å². The molecule has 12 heteroatoms. The Labute approximate surface area is 192 Å². The van der Waals surface area contributed by atoms with E-state index in [2.05, 4.69) is 26.0 Å². The number of carbonyl (C=O) groups is 5. The van der Waals surface area contributed by atoms with E-state index in [0.29, 0.717) is 24.2 Å². The van der Waals surface area contributed by atoms with Crippen LogP contribution in [0.4, 0.5) is 10.5 Å². The number of unbranched alkanes of at least 4 members (excludes halogenated alkanes) is 2. The number of benzene rings is 1. The van der Waals surface area contributed by atoms with Gasteiger partial charge in [-0.2, -0.15) is 0 Å². The van der Waals surface area contributed by atoms with Crippen LogP contribution in [0.1, 0.15) is 38.2 Å². The maximum absolute atomic E-state index is 12.2. The van der Waals surface area contributed by atoms with E-state index >= 15 is 0 Å². The smallest absolute Gasteiger partial charge is 0.404 e. The summed E-state index contributed by atoms with van der Waals surface area (Å²) >= 11 is 0.